The van der Waals surface area contributed by atoms with Crippen LogP contribution < -0.4 is 14.8 Å². The molecule has 0 bridgehead atoms. The Morgan fingerprint density at radius 3 is 2.43 bits per heavy atom. The van der Waals surface area contributed by atoms with Crippen LogP contribution in [0.3, 0.4) is 0 Å². The van der Waals surface area contributed by atoms with Gasteiger partial charge < -0.3 is 14.8 Å². The molecule has 0 aliphatic carbocycles. The van der Waals surface area contributed by atoms with Crippen LogP contribution in [0.4, 0.5) is 0 Å². The van der Waals surface area contributed by atoms with Crippen LogP contribution in [0.15, 0.2) is 36.7 Å². The number of nitrogens with one attached hydrogen (secondary N) is 1. The third-order valence-electron chi connectivity index (χ3n) is 2.92. The molecule has 2 rings (SSSR count). The van der Waals surface area contributed by atoms with E-state index in [2.05, 4.69) is 29.1 Å². The van der Waals surface area contributed by atoms with Crippen molar-refractivity contribution in [2.75, 3.05) is 7.11 Å². The summed E-state index contributed by atoms with van der Waals surface area (Å²) in [6.45, 7) is 5.37. The number of rotatable bonds is 7. The second kappa shape index (κ2) is 7.59. The molecule has 2 aromatic rings. The fourth-order valence-electron chi connectivity index (χ4n) is 1.70. The lowest BCUT2D eigenvalue weighted by Gasteiger charge is -2.08. The zero-order chi connectivity index (χ0) is 15.1. The second-order valence-corrected chi connectivity index (χ2v) is 5.02. The van der Waals surface area contributed by atoms with E-state index in [9.17, 15) is 0 Å². The Kier molecular flexibility index (Phi) is 5.51. The fourth-order valence-corrected chi connectivity index (χ4v) is 1.70. The first-order valence-corrected chi connectivity index (χ1v) is 6.97. The molecule has 0 unspecified atom stereocenters. The molecule has 0 spiro atoms. The first-order valence-electron chi connectivity index (χ1n) is 6.97. The molecule has 0 radical (unpaired) electrons. The van der Waals surface area contributed by atoms with Crippen molar-refractivity contribution >= 4 is 0 Å². The molecule has 1 aromatic heterocycles. The Morgan fingerprint density at radius 1 is 1.10 bits per heavy atom. The van der Waals surface area contributed by atoms with Crippen LogP contribution in [0.1, 0.15) is 25.1 Å². The molecule has 1 N–H and O–H groups in total. The zero-order valence-corrected chi connectivity index (χ0v) is 12.7. The van der Waals surface area contributed by atoms with E-state index in [4.69, 9.17) is 9.47 Å². The summed E-state index contributed by atoms with van der Waals surface area (Å²) in [7, 11) is 1.65. The van der Waals surface area contributed by atoms with E-state index in [1.54, 1.807) is 19.5 Å². The van der Waals surface area contributed by atoms with E-state index in [1.165, 1.54) is 0 Å². The van der Waals surface area contributed by atoms with Crippen LogP contribution >= 0.6 is 0 Å². The molecule has 0 fully saturated rings. The van der Waals surface area contributed by atoms with Crippen molar-refractivity contribution in [1.82, 2.24) is 15.3 Å². The summed E-state index contributed by atoms with van der Waals surface area (Å²) in [6, 6.07) is 8.18. The summed E-state index contributed by atoms with van der Waals surface area (Å²) >= 11 is 0. The molecular formula is C16H21N3O2. The van der Waals surface area contributed by atoms with Gasteiger partial charge in [0.05, 0.1) is 25.2 Å². The third-order valence-corrected chi connectivity index (χ3v) is 2.92. The molecule has 0 aliphatic rings. The van der Waals surface area contributed by atoms with Crippen LogP contribution in [0.25, 0.3) is 0 Å². The first-order chi connectivity index (χ1) is 10.2. The van der Waals surface area contributed by atoms with Crippen molar-refractivity contribution in [2.45, 2.75) is 33.0 Å². The molecule has 0 saturated heterocycles. The van der Waals surface area contributed by atoms with Crippen LogP contribution in [0, 0.1) is 0 Å². The van der Waals surface area contributed by atoms with E-state index < -0.39 is 0 Å². The summed E-state index contributed by atoms with van der Waals surface area (Å²) in [5.41, 5.74) is 1.96. The van der Waals surface area contributed by atoms with Crippen LogP contribution in [0.2, 0.25) is 0 Å². The van der Waals surface area contributed by atoms with Crippen LogP contribution in [0.5, 0.6) is 11.6 Å². The molecule has 1 aromatic carbocycles. The quantitative estimate of drug-likeness (QED) is 0.848. The van der Waals surface area contributed by atoms with Crippen molar-refractivity contribution in [3.63, 3.8) is 0 Å². The highest BCUT2D eigenvalue weighted by Crippen LogP contribution is 2.13. The highest BCUT2D eigenvalue weighted by Gasteiger charge is 2.01. The normalized spacial score (nSPS) is 10.7. The SMILES string of the molecule is COc1ccc(COc2cnc(CNC(C)C)cn2)cc1. The smallest absolute Gasteiger partial charge is 0.232 e. The Balaban J connectivity index is 1.85. The minimum Gasteiger partial charge on any atom is -0.497 e. The Hall–Kier alpha value is -2.14. The molecule has 112 valence electrons. The second-order valence-electron chi connectivity index (χ2n) is 5.02. The van der Waals surface area contributed by atoms with Gasteiger partial charge in [0.25, 0.3) is 0 Å². The maximum atomic E-state index is 5.61. The molecular weight excluding hydrogens is 266 g/mol. The molecule has 1 heterocycles. The maximum Gasteiger partial charge on any atom is 0.232 e. The Bertz CT molecular complexity index is 538. The van der Waals surface area contributed by atoms with Gasteiger partial charge in [-0.05, 0) is 17.7 Å². The number of nitrogens with zero attached hydrogens (tertiary/aromatic N) is 2. The predicted octanol–water partition coefficient (Wildman–Crippen LogP) is 2.56. The largest absolute Gasteiger partial charge is 0.497 e. The summed E-state index contributed by atoms with van der Waals surface area (Å²) in [5.74, 6) is 1.36. The van der Waals surface area contributed by atoms with Gasteiger partial charge in [0, 0.05) is 12.6 Å². The Morgan fingerprint density at radius 2 is 1.86 bits per heavy atom. The van der Waals surface area contributed by atoms with Crippen molar-refractivity contribution in [2.24, 2.45) is 0 Å². The zero-order valence-electron chi connectivity index (χ0n) is 12.7. The fraction of sp³-hybridized carbons (Fsp3) is 0.375. The van der Waals surface area contributed by atoms with Gasteiger partial charge in [-0.15, -0.1) is 0 Å². The molecule has 21 heavy (non-hydrogen) atoms. The number of hydrogen-bond donors (Lipinski definition) is 1. The molecule has 0 amide bonds. The average Bonchev–Trinajstić information content (AvgIpc) is 2.52. The average molecular weight is 287 g/mol. The van der Waals surface area contributed by atoms with Gasteiger partial charge in [-0.25, -0.2) is 4.98 Å². The summed E-state index contributed by atoms with van der Waals surface area (Å²) in [4.78, 5) is 8.58. The van der Waals surface area contributed by atoms with Gasteiger partial charge in [0.1, 0.15) is 12.4 Å². The van der Waals surface area contributed by atoms with Crippen molar-refractivity contribution in [3.05, 3.63) is 47.9 Å². The van der Waals surface area contributed by atoms with Gasteiger partial charge in [-0.3, -0.25) is 4.98 Å². The molecule has 0 aliphatic heterocycles. The minimum atomic E-state index is 0.429. The predicted molar refractivity (Wildman–Crippen MR) is 81.3 cm³/mol. The number of benzene rings is 1. The summed E-state index contributed by atoms with van der Waals surface area (Å²) < 4.78 is 10.7. The molecule has 0 saturated carbocycles. The maximum absolute atomic E-state index is 5.61. The van der Waals surface area contributed by atoms with E-state index in [0.29, 0.717) is 25.1 Å². The van der Waals surface area contributed by atoms with Gasteiger partial charge in [0.15, 0.2) is 0 Å². The first kappa shape index (κ1) is 15.3. The van der Waals surface area contributed by atoms with E-state index in [1.807, 2.05) is 24.3 Å². The number of methoxy groups -OCH3 is 1. The highest BCUT2D eigenvalue weighted by molar-refractivity contribution is 5.27. The van der Waals surface area contributed by atoms with Crippen molar-refractivity contribution in [1.29, 1.82) is 0 Å². The van der Waals surface area contributed by atoms with E-state index in [-0.39, 0.29) is 0 Å². The van der Waals surface area contributed by atoms with Crippen molar-refractivity contribution < 1.29 is 9.47 Å². The molecule has 0 atom stereocenters. The third kappa shape index (κ3) is 5.04. The van der Waals surface area contributed by atoms with E-state index in [0.717, 1.165) is 17.0 Å². The van der Waals surface area contributed by atoms with Gasteiger partial charge in [0.2, 0.25) is 5.88 Å². The minimum absolute atomic E-state index is 0.429. The lowest BCUT2D eigenvalue weighted by atomic mass is 10.2. The van der Waals surface area contributed by atoms with Gasteiger partial charge >= 0.3 is 0 Å². The lowest BCUT2D eigenvalue weighted by molar-refractivity contribution is 0.292. The number of hydrogen-bond acceptors (Lipinski definition) is 5. The molecule has 5 heteroatoms. The van der Waals surface area contributed by atoms with Crippen LogP contribution in [-0.2, 0) is 13.2 Å². The standard InChI is InChI=1S/C16H21N3O2/c1-12(2)17-8-14-9-19-16(10-18-14)21-11-13-4-6-15(20-3)7-5-13/h4-7,9-10,12,17H,8,11H2,1-3H3. The number of aromatic nitrogens is 2. The van der Waals surface area contributed by atoms with Crippen molar-refractivity contribution in [3.8, 4) is 11.6 Å². The Labute approximate surface area is 125 Å². The lowest BCUT2D eigenvalue weighted by Crippen LogP contribution is -2.22. The monoisotopic (exact) mass is 287 g/mol. The highest BCUT2D eigenvalue weighted by atomic mass is 16.5. The molecule has 5 nitrogen and oxygen atoms in total. The van der Waals surface area contributed by atoms with Gasteiger partial charge in [-0.1, -0.05) is 26.0 Å². The van der Waals surface area contributed by atoms with Crippen LogP contribution in [-0.4, -0.2) is 23.1 Å². The topological polar surface area (TPSA) is 56.3 Å². The summed E-state index contributed by atoms with van der Waals surface area (Å²) in [5, 5.41) is 3.29. The number of ether oxygens (including phenoxy) is 2. The van der Waals surface area contributed by atoms with E-state index >= 15 is 0 Å². The summed E-state index contributed by atoms with van der Waals surface area (Å²) in [6.07, 6.45) is 3.39. The van der Waals surface area contributed by atoms with Gasteiger partial charge in [-0.2, -0.15) is 0 Å².